The number of carbonyl (C=O) groups is 1. The zero-order valence-electron chi connectivity index (χ0n) is 15.1. The van der Waals surface area contributed by atoms with Gasteiger partial charge in [0.15, 0.2) is 0 Å². The van der Waals surface area contributed by atoms with E-state index in [2.05, 4.69) is 54.2 Å². The zero-order chi connectivity index (χ0) is 17.1. The van der Waals surface area contributed by atoms with Crippen LogP contribution in [0.15, 0.2) is 18.2 Å². The maximum atomic E-state index is 12.6. The molecule has 1 fully saturated rings. The molecule has 2 N–H and O–H groups in total. The molecule has 1 aliphatic heterocycles. The number of aryl methyl sites for hydroxylation is 2. The number of H-pyrrole nitrogens is 1. The molecule has 1 aliphatic rings. The van der Waals surface area contributed by atoms with Gasteiger partial charge >= 0.3 is 0 Å². The Hall–Kier alpha value is -1.81. The van der Waals surface area contributed by atoms with Gasteiger partial charge in [-0.1, -0.05) is 19.4 Å². The summed E-state index contributed by atoms with van der Waals surface area (Å²) in [5, 5.41) is 4.41. The molecule has 1 saturated heterocycles. The molecule has 4 nitrogen and oxygen atoms in total. The van der Waals surface area contributed by atoms with Gasteiger partial charge in [0, 0.05) is 23.1 Å². The van der Waals surface area contributed by atoms with E-state index in [9.17, 15) is 4.79 Å². The lowest BCUT2D eigenvalue weighted by molar-refractivity contribution is -0.127. The predicted octanol–water partition coefficient (Wildman–Crippen LogP) is 3.67. The quantitative estimate of drug-likeness (QED) is 0.880. The van der Waals surface area contributed by atoms with Gasteiger partial charge in [0.2, 0.25) is 5.91 Å². The fourth-order valence-corrected chi connectivity index (χ4v) is 3.77. The second-order valence-electron chi connectivity index (χ2n) is 7.02. The highest BCUT2D eigenvalue weighted by Crippen LogP contribution is 2.22. The van der Waals surface area contributed by atoms with Gasteiger partial charge in [0.25, 0.3) is 0 Å². The first-order chi connectivity index (χ1) is 11.6. The average molecular weight is 327 g/mol. The predicted molar refractivity (Wildman–Crippen MR) is 99.1 cm³/mol. The number of likely N-dealkylation sites (tertiary alicyclic amines) is 1. The number of hydrogen-bond acceptors (Lipinski definition) is 2. The Kier molecular flexibility index (Phi) is 5.24. The van der Waals surface area contributed by atoms with Gasteiger partial charge < -0.3 is 10.3 Å². The highest BCUT2D eigenvalue weighted by Gasteiger charge is 2.27. The Labute approximate surface area is 144 Å². The number of hydrogen-bond donors (Lipinski definition) is 2. The summed E-state index contributed by atoms with van der Waals surface area (Å²) in [4.78, 5) is 18.4. The van der Waals surface area contributed by atoms with Crippen molar-refractivity contribution < 1.29 is 4.79 Å². The highest BCUT2D eigenvalue weighted by atomic mass is 16.2. The van der Waals surface area contributed by atoms with Gasteiger partial charge in [-0.05, 0) is 69.5 Å². The summed E-state index contributed by atoms with van der Waals surface area (Å²) >= 11 is 0. The largest absolute Gasteiger partial charge is 0.358 e. The van der Waals surface area contributed by atoms with Crippen LogP contribution in [0.3, 0.4) is 0 Å². The summed E-state index contributed by atoms with van der Waals surface area (Å²) in [6.45, 7) is 9.10. The van der Waals surface area contributed by atoms with Crippen molar-refractivity contribution in [2.45, 2.75) is 59.0 Å². The topological polar surface area (TPSA) is 48.1 Å². The van der Waals surface area contributed by atoms with Crippen LogP contribution in [-0.2, 0) is 11.3 Å². The number of nitrogens with zero attached hydrogens (tertiary/aromatic N) is 1. The Balaban J connectivity index is 1.66. The van der Waals surface area contributed by atoms with Gasteiger partial charge in [-0.25, -0.2) is 0 Å². The van der Waals surface area contributed by atoms with Crippen LogP contribution in [0.25, 0.3) is 10.9 Å². The maximum absolute atomic E-state index is 12.6. The molecule has 0 saturated carbocycles. The molecule has 2 heterocycles. The van der Waals surface area contributed by atoms with Crippen LogP contribution in [0, 0.1) is 13.8 Å². The first kappa shape index (κ1) is 17.0. The maximum Gasteiger partial charge on any atom is 0.237 e. The third-order valence-corrected chi connectivity index (χ3v) is 5.27. The van der Waals surface area contributed by atoms with Crippen molar-refractivity contribution in [1.82, 2.24) is 15.2 Å². The van der Waals surface area contributed by atoms with Crippen LogP contribution in [0.5, 0.6) is 0 Å². The van der Waals surface area contributed by atoms with Gasteiger partial charge in [0.1, 0.15) is 0 Å². The second-order valence-corrected chi connectivity index (χ2v) is 7.02. The van der Waals surface area contributed by atoms with Crippen molar-refractivity contribution in [2.24, 2.45) is 0 Å². The van der Waals surface area contributed by atoms with E-state index in [1.165, 1.54) is 28.6 Å². The molecule has 0 spiro atoms. The normalized spacial score (nSPS) is 18.9. The van der Waals surface area contributed by atoms with Gasteiger partial charge in [-0.2, -0.15) is 0 Å². The molecular formula is C20H29N3O. The number of aromatic nitrogens is 1. The molecule has 1 aromatic carbocycles. The number of rotatable bonds is 5. The molecule has 1 unspecified atom stereocenters. The Bertz CT molecular complexity index is 717. The third-order valence-electron chi connectivity index (χ3n) is 5.27. The molecule has 1 atom stereocenters. The molecule has 0 bridgehead atoms. The van der Waals surface area contributed by atoms with E-state index in [4.69, 9.17) is 0 Å². The zero-order valence-corrected chi connectivity index (χ0v) is 15.1. The van der Waals surface area contributed by atoms with Crippen LogP contribution >= 0.6 is 0 Å². The van der Waals surface area contributed by atoms with Gasteiger partial charge in [-0.15, -0.1) is 0 Å². The van der Waals surface area contributed by atoms with Crippen LogP contribution in [0.2, 0.25) is 0 Å². The molecule has 24 heavy (non-hydrogen) atoms. The van der Waals surface area contributed by atoms with Crippen LogP contribution in [0.1, 0.15) is 49.4 Å². The van der Waals surface area contributed by atoms with E-state index in [-0.39, 0.29) is 11.9 Å². The van der Waals surface area contributed by atoms with Crippen LogP contribution < -0.4 is 5.32 Å². The standard InChI is InChI=1S/C20H29N3O/c1-4-10-23-11-6-5-7-19(23)20(24)21-13-16-8-9-18-17(12-16)14(2)15(3)22-18/h8-9,12,19,22H,4-7,10-11,13H2,1-3H3,(H,21,24). The Morgan fingerprint density at radius 3 is 2.96 bits per heavy atom. The fraction of sp³-hybridized carbons (Fsp3) is 0.550. The minimum atomic E-state index is 0.0543. The lowest BCUT2D eigenvalue weighted by Crippen LogP contribution is -2.49. The molecule has 0 radical (unpaired) electrons. The first-order valence-corrected chi connectivity index (χ1v) is 9.19. The Morgan fingerprint density at radius 1 is 1.33 bits per heavy atom. The van der Waals surface area contributed by atoms with Crippen molar-refractivity contribution in [3.05, 3.63) is 35.0 Å². The number of carbonyl (C=O) groups excluding carboxylic acids is 1. The second kappa shape index (κ2) is 7.39. The number of piperidine rings is 1. The monoisotopic (exact) mass is 327 g/mol. The van der Waals surface area contributed by atoms with Crippen molar-refractivity contribution >= 4 is 16.8 Å². The minimum absolute atomic E-state index is 0.0543. The summed E-state index contributed by atoms with van der Waals surface area (Å²) in [6, 6.07) is 6.46. The van der Waals surface area contributed by atoms with E-state index >= 15 is 0 Å². The summed E-state index contributed by atoms with van der Waals surface area (Å²) in [7, 11) is 0. The number of fused-ring (bicyclic) bond motifs is 1. The van der Waals surface area contributed by atoms with E-state index in [0.717, 1.165) is 37.9 Å². The molecular weight excluding hydrogens is 298 g/mol. The summed E-state index contributed by atoms with van der Waals surface area (Å²) in [6.07, 6.45) is 4.46. The van der Waals surface area contributed by atoms with Crippen molar-refractivity contribution in [3.63, 3.8) is 0 Å². The van der Waals surface area contributed by atoms with E-state index in [1.54, 1.807) is 0 Å². The summed E-state index contributed by atoms with van der Waals surface area (Å²) < 4.78 is 0. The number of aromatic amines is 1. The first-order valence-electron chi connectivity index (χ1n) is 9.19. The molecule has 2 aromatic rings. The lowest BCUT2D eigenvalue weighted by atomic mass is 10.0. The molecule has 1 aromatic heterocycles. The highest BCUT2D eigenvalue weighted by molar-refractivity contribution is 5.85. The number of amides is 1. The van der Waals surface area contributed by atoms with Crippen LogP contribution in [-0.4, -0.2) is 34.9 Å². The summed E-state index contributed by atoms with van der Waals surface area (Å²) in [5.41, 5.74) is 4.83. The SMILES string of the molecule is CCCN1CCCCC1C(=O)NCc1ccc2[nH]c(C)c(C)c2c1. The van der Waals surface area contributed by atoms with E-state index < -0.39 is 0 Å². The number of benzene rings is 1. The molecule has 0 aliphatic carbocycles. The van der Waals surface area contributed by atoms with Crippen LogP contribution in [0.4, 0.5) is 0 Å². The molecule has 1 amide bonds. The van der Waals surface area contributed by atoms with Crippen molar-refractivity contribution in [2.75, 3.05) is 13.1 Å². The molecule has 130 valence electrons. The van der Waals surface area contributed by atoms with Crippen molar-refractivity contribution in [3.8, 4) is 0 Å². The number of nitrogens with one attached hydrogen (secondary N) is 2. The minimum Gasteiger partial charge on any atom is -0.358 e. The lowest BCUT2D eigenvalue weighted by Gasteiger charge is -2.34. The third kappa shape index (κ3) is 3.48. The van der Waals surface area contributed by atoms with E-state index in [1.807, 2.05) is 0 Å². The van der Waals surface area contributed by atoms with E-state index in [0.29, 0.717) is 6.54 Å². The summed E-state index contributed by atoms with van der Waals surface area (Å²) in [5.74, 6) is 0.185. The van der Waals surface area contributed by atoms with Crippen molar-refractivity contribution in [1.29, 1.82) is 0 Å². The molecule has 3 rings (SSSR count). The average Bonchev–Trinajstić information content (AvgIpc) is 2.88. The van der Waals surface area contributed by atoms with Gasteiger partial charge in [0.05, 0.1) is 6.04 Å². The Morgan fingerprint density at radius 2 is 2.17 bits per heavy atom. The fourth-order valence-electron chi connectivity index (χ4n) is 3.77. The van der Waals surface area contributed by atoms with Gasteiger partial charge in [-0.3, -0.25) is 9.69 Å². The molecule has 4 heteroatoms. The smallest absolute Gasteiger partial charge is 0.237 e.